The molecule has 0 atom stereocenters. The maximum absolute atomic E-state index is 11.2. The van der Waals surface area contributed by atoms with E-state index in [1.165, 1.54) is 23.3 Å². The van der Waals surface area contributed by atoms with Gasteiger partial charge in [0.05, 0.1) is 0 Å². The summed E-state index contributed by atoms with van der Waals surface area (Å²) in [6.45, 7) is 0.621. The van der Waals surface area contributed by atoms with Crippen LogP contribution in [0.15, 0.2) is 18.7 Å². The second-order valence-corrected chi connectivity index (χ2v) is 2.49. The molecule has 0 aliphatic carbocycles. The number of hydrogen-bond acceptors (Lipinski definition) is 3. The molecule has 0 aromatic carbocycles. The summed E-state index contributed by atoms with van der Waals surface area (Å²) in [5.74, 6) is 0. The summed E-state index contributed by atoms with van der Waals surface area (Å²) in [6.07, 6.45) is 4.41. The van der Waals surface area contributed by atoms with Crippen molar-refractivity contribution in [3.05, 3.63) is 18.7 Å². The highest BCUT2D eigenvalue weighted by Crippen LogP contribution is 1.83. The molecule has 0 bridgehead atoms. The molecule has 0 unspecified atom stereocenters. The quantitative estimate of drug-likeness (QED) is 0.547. The molecule has 0 saturated heterocycles. The average Bonchev–Trinajstić information content (AvgIpc) is 2.64. The van der Waals surface area contributed by atoms with Gasteiger partial charge in [0, 0.05) is 25.5 Å². The van der Waals surface area contributed by atoms with Crippen molar-refractivity contribution >= 4 is 12.1 Å². The third-order valence-corrected chi connectivity index (χ3v) is 1.44. The van der Waals surface area contributed by atoms with Gasteiger partial charge in [-0.1, -0.05) is 0 Å². The van der Waals surface area contributed by atoms with E-state index in [0.717, 1.165) is 0 Å². The van der Waals surface area contributed by atoms with Crippen molar-refractivity contribution in [1.82, 2.24) is 20.2 Å². The van der Waals surface area contributed by atoms with Crippen LogP contribution in [0.1, 0.15) is 0 Å². The fraction of sp³-hybridized carbons (Fsp3) is 0.286. The lowest BCUT2D eigenvalue weighted by atomic mass is 10.6. The highest BCUT2D eigenvalue weighted by atomic mass is 16.2. The maximum Gasteiger partial charge on any atom is 0.326 e. The number of carbonyl (C=O) groups is 2. The van der Waals surface area contributed by atoms with Crippen molar-refractivity contribution in [2.75, 3.05) is 13.1 Å². The number of aromatic nitrogens is 2. The lowest BCUT2D eigenvalue weighted by Gasteiger charge is -2.04. The topological polar surface area (TPSA) is 102 Å². The molecule has 1 rings (SSSR count). The van der Waals surface area contributed by atoms with E-state index in [-0.39, 0.29) is 6.03 Å². The van der Waals surface area contributed by atoms with Gasteiger partial charge in [-0.15, -0.1) is 0 Å². The van der Waals surface area contributed by atoms with Gasteiger partial charge >= 0.3 is 12.1 Å². The van der Waals surface area contributed by atoms with Crippen LogP contribution < -0.4 is 16.4 Å². The molecule has 0 radical (unpaired) electrons. The number of nitrogens with two attached hydrogens (primary N) is 1. The molecule has 1 aromatic rings. The van der Waals surface area contributed by atoms with Crippen LogP contribution in [0.5, 0.6) is 0 Å². The first-order valence-corrected chi connectivity index (χ1v) is 3.99. The summed E-state index contributed by atoms with van der Waals surface area (Å²) >= 11 is 0. The van der Waals surface area contributed by atoms with Crippen LogP contribution in [-0.2, 0) is 0 Å². The SMILES string of the molecule is NC(=O)NCCNC(=O)n1ccnc1. The Hall–Kier alpha value is -2.05. The van der Waals surface area contributed by atoms with Gasteiger partial charge < -0.3 is 16.4 Å². The van der Waals surface area contributed by atoms with E-state index < -0.39 is 6.03 Å². The molecule has 0 fully saturated rings. The minimum atomic E-state index is -0.609. The zero-order chi connectivity index (χ0) is 10.4. The number of nitrogens with zero attached hydrogens (tertiary/aromatic N) is 2. The van der Waals surface area contributed by atoms with Gasteiger partial charge in [-0.05, 0) is 0 Å². The second-order valence-electron chi connectivity index (χ2n) is 2.49. The lowest BCUT2D eigenvalue weighted by Crippen LogP contribution is -2.38. The standard InChI is InChI=1S/C7H11N5O2/c8-6(13)10-1-2-11-7(14)12-4-3-9-5-12/h3-5H,1-2H2,(H,11,14)(H3,8,10,13). The summed E-state index contributed by atoms with van der Waals surface area (Å²) in [7, 11) is 0. The zero-order valence-electron chi connectivity index (χ0n) is 7.43. The summed E-state index contributed by atoms with van der Waals surface area (Å²) in [6, 6.07) is -0.907. The Labute approximate surface area is 80.3 Å². The van der Waals surface area contributed by atoms with E-state index in [0.29, 0.717) is 13.1 Å². The largest absolute Gasteiger partial charge is 0.352 e. The molecule has 0 aliphatic rings. The van der Waals surface area contributed by atoms with Crippen LogP contribution in [0.4, 0.5) is 9.59 Å². The number of primary amides is 1. The van der Waals surface area contributed by atoms with Crippen LogP contribution in [0.25, 0.3) is 0 Å². The minimum absolute atomic E-state index is 0.297. The fourth-order valence-corrected chi connectivity index (χ4v) is 0.826. The summed E-state index contributed by atoms with van der Waals surface area (Å²) in [5.41, 5.74) is 4.83. The van der Waals surface area contributed by atoms with Crippen molar-refractivity contribution in [3.63, 3.8) is 0 Å². The third kappa shape index (κ3) is 3.13. The number of urea groups is 1. The second kappa shape index (κ2) is 4.85. The van der Waals surface area contributed by atoms with Gasteiger partial charge in [-0.25, -0.2) is 14.6 Å². The van der Waals surface area contributed by atoms with Crippen molar-refractivity contribution in [2.45, 2.75) is 0 Å². The molecular formula is C7H11N5O2. The summed E-state index contributed by atoms with van der Waals surface area (Å²) < 4.78 is 1.30. The van der Waals surface area contributed by atoms with E-state index in [9.17, 15) is 9.59 Å². The van der Waals surface area contributed by atoms with E-state index in [2.05, 4.69) is 15.6 Å². The molecular weight excluding hydrogens is 186 g/mol. The first-order chi connectivity index (χ1) is 6.70. The molecule has 0 saturated carbocycles. The molecule has 0 aliphatic heterocycles. The molecule has 14 heavy (non-hydrogen) atoms. The molecule has 76 valence electrons. The monoisotopic (exact) mass is 197 g/mol. The average molecular weight is 197 g/mol. The van der Waals surface area contributed by atoms with Gasteiger partial charge in [-0.2, -0.15) is 0 Å². The molecule has 7 heteroatoms. The molecule has 1 heterocycles. The number of imidazole rings is 1. The number of hydrogen-bond donors (Lipinski definition) is 3. The van der Waals surface area contributed by atoms with Crippen LogP contribution in [0.3, 0.4) is 0 Å². The molecule has 4 N–H and O–H groups in total. The zero-order valence-corrected chi connectivity index (χ0v) is 7.43. The molecule has 3 amide bonds. The molecule has 1 aromatic heterocycles. The van der Waals surface area contributed by atoms with Crippen molar-refractivity contribution in [2.24, 2.45) is 5.73 Å². The Balaban J connectivity index is 2.19. The number of rotatable bonds is 3. The number of carbonyl (C=O) groups excluding carboxylic acids is 2. The molecule has 7 nitrogen and oxygen atoms in total. The van der Waals surface area contributed by atoms with Crippen LogP contribution in [-0.4, -0.2) is 34.7 Å². The Morgan fingerprint density at radius 1 is 1.36 bits per heavy atom. The Morgan fingerprint density at radius 3 is 2.64 bits per heavy atom. The predicted molar refractivity (Wildman–Crippen MR) is 48.6 cm³/mol. The van der Waals surface area contributed by atoms with E-state index in [1.54, 1.807) is 0 Å². The van der Waals surface area contributed by atoms with E-state index >= 15 is 0 Å². The Kier molecular flexibility index (Phi) is 3.48. The molecule has 0 spiro atoms. The van der Waals surface area contributed by atoms with Gasteiger partial charge in [0.15, 0.2) is 0 Å². The summed E-state index contributed by atoms with van der Waals surface area (Å²) in [4.78, 5) is 25.2. The highest BCUT2D eigenvalue weighted by molar-refractivity contribution is 5.76. The summed E-state index contributed by atoms with van der Waals surface area (Å²) in [5, 5.41) is 4.90. The fourth-order valence-electron chi connectivity index (χ4n) is 0.826. The van der Waals surface area contributed by atoms with Gasteiger partial charge in [0.25, 0.3) is 0 Å². The van der Waals surface area contributed by atoms with Crippen LogP contribution in [0.2, 0.25) is 0 Å². The number of amides is 3. The number of nitrogens with one attached hydrogen (secondary N) is 2. The first kappa shape index (κ1) is 10.0. The third-order valence-electron chi connectivity index (χ3n) is 1.44. The van der Waals surface area contributed by atoms with Crippen molar-refractivity contribution < 1.29 is 9.59 Å². The van der Waals surface area contributed by atoms with Gasteiger partial charge in [0.2, 0.25) is 0 Å². The van der Waals surface area contributed by atoms with Crippen molar-refractivity contribution in [1.29, 1.82) is 0 Å². The highest BCUT2D eigenvalue weighted by Gasteiger charge is 2.01. The Bertz CT molecular complexity index is 308. The van der Waals surface area contributed by atoms with Crippen LogP contribution >= 0.6 is 0 Å². The van der Waals surface area contributed by atoms with Gasteiger partial charge in [0.1, 0.15) is 6.33 Å². The van der Waals surface area contributed by atoms with Gasteiger partial charge in [-0.3, -0.25) is 4.57 Å². The predicted octanol–water partition coefficient (Wildman–Crippen LogP) is -0.891. The van der Waals surface area contributed by atoms with E-state index in [4.69, 9.17) is 5.73 Å². The lowest BCUT2D eigenvalue weighted by molar-refractivity contribution is 0.240. The van der Waals surface area contributed by atoms with E-state index in [1.807, 2.05) is 0 Å². The first-order valence-electron chi connectivity index (χ1n) is 3.99. The smallest absolute Gasteiger partial charge is 0.326 e. The maximum atomic E-state index is 11.2. The Morgan fingerprint density at radius 2 is 2.07 bits per heavy atom. The van der Waals surface area contributed by atoms with Crippen LogP contribution in [0, 0.1) is 0 Å². The van der Waals surface area contributed by atoms with Crippen molar-refractivity contribution in [3.8, 4) is 0 Å². The normalized spacial score (nSPS) is 9.43. The minimum Gasteiger partial charge on any atom is -0.352 e.